The summed E-state index contributed by atoms with van der Waals surface area (Å²) in [5.74, 6) is 2.57. The summed E-state index contributed by atoms with van der Waals surface area (Å²) in [5.41, 5.74) is 2.34. The molecule has 0 fully saturated rings. The highest BCUT2D eigenvalue weighted by atomic mass is 127. The molecule has 0 aliphatic carbocycles. The quantitative estimate of drug-likeness (QED) is 0.304. The summed E-state index contributed by atoms with van der Waals surface area (Å²) in [5, 5.41) is 6.44. The maximum Gasteiger partial charge on any atom is 0.231 e. The minimum atomic E-state index is -0.297. The number of nitrogens with zero attached hydrogens (tertiary/aromatic N) is 3. The van der Waals surface area contributed by atoms with E-state index < -0.39 is 0 Å². The van der Waals surface area contributed by atoms with Crippen LogP contribution >= 0.6 is 24.0 Å². The Morgan fingerprint density at radius 2 is 1.80 bits per heavy atom. The minimum Gasteiger partial charge on any atom is -0.454 e. The van der Waals surface area contributed by atoms with Crippen molar-refractivity contribution in [2.75, 3.05) is 13.8 Å². The molecule has 1 aliphatic heterocycles. The van der Waals surface area contributed by atoms with Crippen LogP contribution in [0.1, 0.15) is 17.0 Å². The first-order valence-electron chi connectivity index (χ1n) is 9.26. The van der Waals surface area contributed by atoms with E-state index in [2.05, 4.69) is 20.6 Å². The SMILES string of the molecule is CN=C(NCc1ccc(-n2ccnc2C)c(F)c1)NCc1ccc2c(c1)OCO2.I. The van der Waals surface area contributed by atoms with E-state index in [4.69, 9.17) is 9.47 Å². The maximum atomic E-state index is 14.5. The van der Waals surface area contributed by atoms with Gasteiger partial charge >= 0.3 is 0 Å². The van der Waals surface area contributed by atoms with Crippen LogP contribution in [0.4, 0.5) is 4.39 Å². The zero-order valence-corrected chi connectivity index (χ0v) is 19.0. The van der Waals surface area contributed by atoms with Crippen LogP contribution in [0.3, 0.4) is 0 Å². The summed E-state index contributed by atoms with van der Waals surface area (Å²) in [4.78, 5) is 8.35. The first kappa shape index (κ1) is 21.9. The lowest BCUT2D eigenvalue weighted by atomic mass is 10.2. The number of fused-ring (bicyclic) bond motifs is 1. The van der Waals surface area contributed by atoms with Gasteiger partial charge in [0, 0.05) is 32.5 Å². The maximum absolute atomic E-state index is 14.5. The lowest BCUT2D eigenvalue weighted by molar-refractivity contribution is 0.174. The molecule has 0 radical (unpaired) electrons. The van der Waals surface area contributed by atoms with E-state index in [1.54, 1.807) is 30.1 Å². The number of hydrogen-bond donors (Lipinski definition) is 2. The number of hydrogen-bond acceptors (Lipinski definition) is 4. The molecule has 2 N–H and O–H groups in total. The van der Waals surface area contributed by atoms with E-state index in [0.717, 1.165) is 28.5 Å². The van der Waals surface area contributed by atoms with Crippen molar-refractivity contribution in [3.8, 4) is 17.2 Å². The average molecular weight is 523 g/mol. The Bertz CT molecular complexity index is 1050. The van der Waals surface area contributed by atoms with Crippen molar-refractivity contribution < 1.29 is 13.9 Å². The molecule has 1 aliphatic rings. The first-order chi connectivity index (χ1) is 14.1. The number of aliphatic imine (C=N–C) groups is 1. The molecule has 2 heterocycles. The monoisotopic (exact) mass is 523 g/mol. The molecule has 7 nitrogen and oxygen atoms in total. The summed E-state index contributed by atoms with van der Waals surface area (Å²) in [6.45, 7) is 3.11. The number of nitrogens with one attached hydrogen (secondary N) is 2. The molecule has 0 saturated heterocycles. The summed E-state index contributed by atoms with van der Waals surface area (Å²) in [6.07, 6.45) is 3.40. The highest BCUT2D eigenvalue weighted by Gasteiger charge is 2.13. The van der Waals surface area contributed by atoms with Gasteiger partial charge in [0.05, 0.1) is 5.69 Å². The van der Waals surface area contributed by atoms with Gasteiger partial charge in [0.25, 0.3) is 0 Å². The van der Waals surface area contributed by atoms with Gasteiger partial charge in [-0.3, -0.25) is 4.99 Å². The van der Waals surface area contributed by atoms with E-state index in [1.165, 1.54) is 6.07 Å². The van der Waals surface area contributed by atoms with Gasteiger partial charge in [-0.05, 0) is 42.3 Å². The highest BCUT2D eigenvalue weighted by molar-refractivity contribution is 14.0. The number of benzene rings is 2. The fraction of sp³-hybridized carbons (Fsp3) is 0.238. The Hall–Kier alpha value is -2.82. The summed E-state index contributed by atoms with van der Waals surface area (Å²) < 4.78 is 27.0. The van der Waals surface area contributed by atoms with Gasteiger partial charge in [0.2, 0.25) is 6.79 Å². The van der Waals surface area contributed by atoms with Crippen LogP contribution < -0.4 is 20.1 Å². The van der Waals surface area contributed by atoms with Crippen molar-refractivity contribution >= 4 is 29.9 Å². The number of guanidine groups is 1. The largest absolute Gasteiger partial charge is 0.454 e. The van der Waals surface area contributed by atoms with Crippen molar-refractivity contribution in [3.05, 3.63) is 71.6 Å². The molecule has 2 aromatic carbocycles. The van der Waals surface area contributed by atoms with Crippen LogP contribution in [-0.2, 0) is 13.1 Å². The normalized spacial score (nSPS) is 12.4. The smallest absolute Gasteiger partial charge is 0.231 e. The Morgan fingerprint density at radius 3 is 2.47 bits per heavy atom. The molecule has 30 heavy (non-hydrogen) atoms. The van der Waals surface area contributed by atoms with Crippen LogP contribution in [0.5, 0.6) is 11.5 Å². The molecular formula is C21H23FIN5O2. The first-order valence-corrected chi connectivity index (χ1v) is 9.26. The number of imidazole rings is 1. The topological polar surface area (TPSA) is 72.7 Å². The van der Waals surface area contributed by atoms with Gasteiger partial charge < -0.3 is 24.7 Å². The molecule has 158 valence electrons. The molecule has 0 spiro atoms. The van der Waals surface area contributed by atoms with Gasteiger partial charge in [0.1, 0.15) is 11.6 Å². The van der Waals surface area contributed by atoms with Gasteiger partial charge in [-0.2, -0.15) is 0 Å². The molecule has 9 heteroatoms. The predicted molar refractivity (Wildman–Crippen MR) is 123 cm³/mol. The molecule has 0 bridgehead atoms. The molecular weight excluding hydrogens is 500 g/mol. The minimum absolute atomic E-state index is 0. The fourth-order valence-corrected chi connectivity index (χ4v) is 3.13. The van der Waals surface area contributed by atoms with E-state index in [0.29, 0.717) is 24.7 Å². The number of halogens is 2. The predicted octanol–water partition coefficient (Wildman–Crippen LogP) is 3.53. The number of ether oxygens (including phenoxy) is 2. The van der Waals surface area contributed by atoms with Crippen molar-refractivity contribution in [1.29, 1.82) is 0 Å². The second kappa shape index (κ2) is 9.79. The molecule has 0 atom stereocenters. The molecule has 3 aromatic rings. The third-order valence-corrected chi connectivity index (χ3v) is 4.68. The third-order valence-electron chi connectivity index (χ3n) is 4.68. The van der Waals surface area contributed by atoms with Crippen LogP contribution in [0, 0.1) is 12.7 Å². The van der Waals surface area contributed by atoms with Gasteiger partial charge in [0.15, 0.2) is 17.5 Å². The lowest BCUT2D eigenvalue weighted by Crippen LogP contribution is -2.36. The third kappa shape index (κ3) is 4.84. The number of aryl methyl sites for hydroxylation is 1. The van der Waals surface area contributed by atoms with Crippen LogP contribution in [-0.4, -0.2) is 29.4 Å². The van der Waals surface area contributed by atoms with Gasteiger partial charge in [-0.25, -0.2) is 9.37 Å². The van der Waals surface area contributed by atoms with E-state index in [1.807, 2.05) is 31.2 Å². The summed E-state index contributed by atoms with van der Waals surface area (Å²) in [6, 6.07) is 11.0. The van der Waals surface area contributed by atoms with Crippen molar-refractivity contribution in [3.63, 3.8) is 0 Å². The zero-order chi connectivity index (χ0) is 20.2. The Morgan fingerprint density at radius 1 is 1.10 bits per heavy atom. The van der Waals surface area contributed by atoms with Crippen LogP contribution in [0.2, 0.25) is 0 Å². The molecule has 4 rings (SSSR count). The highest BCUT2D eigenvalue weighted by Crippen LogP contribution is 2.32. The van der Waals surface area contributed by atoms with E-state index in [9.17, 15) is 4.39 Å². The second-order valence-electron chi connectivity index (χ2n) is 6.60. The number of rotatable bonds is 5. The zero-order valence-electron chi connectivity index (χ0n) is 16.7. The average Bonchev–Trinajstić information content (AvgIpc) is 3.36. The lowest BCUT2D eigenvalue weighted by Gasteiger charge is -2.13. The van der Waals surface area contributed by atoms with Crippen LogP contribution in [0.15, 0.2) is 53.8 Å². The van der Waals surface area contributed by atoms with Gasteiger partial charge in [-0.15, -0.1) is 24.0 Å². The van der Waals surface area contributed by atoms with E-state index in [-0.39, 0.29) is 36.6 Å². The van der Waals surface area contributed by atoms with Crippen molar-refractivity contribution in [1.82, 2.24) is 20.2 Å². The Kier molecular flexibility index (Phi) is 7.14. The molecule has 0 unspecified atom stereocenters. The number of aromatic nitrogens is 2. The van der Waals surface area contributed by atoms with Crippen molar-refractivity contribution in [2.24, 2.45) is 4.99 Å². The molecule has 1 aromatic heterocycles. The Labute approximate surface area is 191 Å². The standard InChI is InChI=1S/C21H22FN5O2.HI/c1-14-24-7-8-27(14)18-5-3-15(9-17(18)22)11-25-21(23-2)26-12-16-4-6-19-20(10-16)29-13-28-19;/h3-10H,11-13H2,1-2H3,(H2,23,25,26);1H. The second-order valence-corrected chi connectivity index (χ2v) is 6.60. The summed E-state index contributed by atoms with van der Waals surface area (Å²) >= 11 is 0. The fourth-order valence-electron chi connectivity index (χ4n) is 3.13. The van der Waals surface area contributed by atoms with Crippen LogP contribution in [0.25, 0.3) is 5.69 Å². The summed E-state index contributed by atoms with van der Waals surface area (Å²) in [7, 11) is 1.69. The van der Waals surface area contributed by atoms with Crippen molar-refractivity contribution in [2.45, 2.75) is 20.0 Å². The molecule has 0 saturated carbocycles. The van der Waals surface area contributed by atoms with E-state index >= 15 is 0 Å². The Balaban J connectivity index is 0.00000256. The molecule has 0 amide bonds. The van der Waals surface area contributed by atoms with Gasteiger partial charge in [-0.1, -0.05) is 12.1 Å².